The Morgan fingerprint density at radius 1 is 1.11 bits per heavy atom. The van der Waals surface area contributed by atoms with Crippen LogP contribution in [0.25, 0.3) is 33.9 Å². The van der Waals surface area contributed by atoms with Crippen molar-refractivity contribution in [2.75, 3.05) is 0 Å². The summed E-state index contributed by atoms with van der Waals surface area (Å²) in [6.45, 7) is 1.65. The van der Waals surface area contributed by atoms with Crippen LogP contribution in [0.1, 0.15) is 34.7 Å². The van der Waals surface area contributed by atoms with Gasteiger partial charge in [0.2, 0.25) is 11.7 Å². The summed E-state index contributed by atoms with van der Waals surface area (Å²) in [6.07, 6.45) is -2.04. The van der Waals surface area contributed by atoms with Gasteiger partial charge in [0.05, 0.1) is 33.9 Å². The van der Waals surface area contributed by atoms with Crippen molar-refractivity contribution in [1.29, 1.82) is 0 Å². The molecule has 36 heavy (non-hydrogen) atoms. The summed E-state index contributed by atoms with van der Waals surface area (Å²) in [5.74, 6) is -0.942. The van der Waals surface area contributed by atoms with Gasteiger partial charge in [-0.1, -0.05) is 5.16 Å². The fourth-order valence-electron chi connectivity index (χ4n) is 3.46. The molecule has 4 heterocycles. The zero-order valence-corrected chi connectivity index (χ0v) is 18.3. The Balaban J connectivity index is 1.33. The number of alkyl halides is 3. The number of fused-ring (bicyclic) bond motifs is 1. The van der Waals surface area contributed by atoms with Crippen LogP contribution >= 0.6 is 0 Å². The third-order valence-electron chi connectivity index (χ3n) is 5.30. The Morgan fingerprint density at radius 2 is 1.94 bits per heavy atom. The highest BCUT2D eigenvalue weighted by molar-refractivity contribution is 5.93. The second kappa shape index (κ2) is 8.83. The molecule has 13 heteroatoms. The molecule has 1 unspecified atom stereocenters. The number of pyridine rings is 1. The lowest BCUT2D eigenvalue weighted by Crippen LogP contribution is -2.27. The summed E-state index contributed by atoms with van der Waals surface area (Å²) in [7, 11) is 0. The zero-order valence-electron chi connectivity index (χ0n) is 18.3. The summed E-state index contributed by atoms with van der Waals surface area (Å²) in [6, 6.07) is 8.38. The summed E-state index contributed by atoms with van der Waals surface area (Å²) >= 11 is 0. The van der Waals surface area contributed by atoms with Gasteiger partial charge in [0.15, 0.2) is 5.82 Å². The van der Waals surface area contributed by atoms with E-state index in [2.05, 4.69) is 35.4 Å². The molecule has 9 nitrogen and oxygen atoms in total. The summed E-state index contributed by atoms with van der Waals surface area (Å²) in [4.78, 5) is 31.2. The lowest BCUT2D eigenvalue weighted by Gasteiger charge is -2.10. The molecule has 5 rings (SSSR count). The first kappa shape index (κ1) is 23.1. The number of rotatable bonds is 5. The number of hydrogen-bond acceptors (Lipinski definition) is 7. The molecule has 5 aromatic rings. The van der Waals surface area contributed by atoms with Crippen molar-refractivity contribution >= 4 is 16.9 Å². The Bertz CT molecular complexity index is 1580. The minimum atomic E-state index is -4.48. The average molecular weight is 497 g/mol. The van der Waals surface area contributed by atoms with Crippen LogP contribution in [0.2, 0.25) is 0 Å². The number of amides is 1. The lowest BCUT2D eigenvalue weighted by molar-refractivity contribution is -0.137. The molecule has 0 aliphatic carbocycles. The van der Waals surface area contributed by atoms with Gasteiger partial charge in [0.1, 0.15) is 17.7 Å². The maximum Gasteiger partial charge on any atom is 0.416 e. The zero-order chi connectivity index (χ0) is 25.4. The summed E-state index contributed by atoms with van der Waals surface area (Å²) in [5, 5.41) is 6.63. The van der Waals surface area contributed by atoms with E-state index in [1.807, 2.05) is 0 Å². The Labute approximate surface area is 199 Å². The number of nitrogens with one attached hydrogen (secondary N) is 2. The molecule has 2 N–H and O–H groups in total. The minimum Gasteiger partial charge on any atom is -0.353 e. The maximum absolute atomic E-state index is 14.0. The van der Waals surface area contributed by atoms with E-state index < -0.39 is 29.6 Å². The second-order valence-electron chi connectivity index (χ2n) is 7.76. The predicted molar refractivity (Wildman–Crippen MR) is 118 cm³/mol. The van der Waals surface area contributed by atoms with Crippen LogP contribution in [-0.2, 0) is 6.18 Å². The first-order valence-corrected chi connectivity index (χ1v) is 10.5. The summed E-state index contributed by atoms with van der Waals surface area (Å²) < 4.78 is 58.2. The molecule has 4 aromatic heterocycles. The highest BCUT2D eigenvalue weighted by Crippen LogP contribution is 2.32. The van der Waals surface area contributed by atoms with E-state index in [9.17, 15) is 22.4 Å². The molecule has 0 aliphatic heterocycles. The highest BCUT2D eigenvalue weighted by Gasteiger charge is 2.31. The van der Waals surface area contributed by atoms with Gasteiger partial charge in [-0.2, -0.15) is 17.6 Å². The van der Waals surface area contributed by atoms with Gasteiger partial charge in [0.25, 0.3) is 5.91 Å². The van der Waals surface area contributed by atoms with Crippen LogP contribution in [0.15, 0.2) is 59.5 Å². The Kier molecular flexibility index (Phi) is 5.66. The predicted octanol–water partition coefficient (Wildman–Crippen LogP) is 4.72. The molecular formula is C23H15F4N7O2. The van der Waals surface area contributed by atoms with E-state index in [0.717, 1.165) is 18.5 Å². The number of aromatic amines is 1. The topological polar surface area (TPSA) is 122 Å². The van der Waals surface area contributed by atoms with E-state index >= 15 is 0 Å². The smallest absolute Gasteiger partial charge is 0.353 e. The van der Waals surface area contributed by atoms with Crippen LogP contribution in [-0.4, -0.2) is 36.0 Å². The third kappa shape index (κ3) is 4.50. The highest BCUT2D eigenvalue weighted by atomic mass is 19.4. The van der Waals surface area contributed by atoms with Crippen LogP contribution in [0.4, 0.5) is 17.6 Å². The quantitative estimate of drug-likeness (QED) is 0.266. The van der Waals surface area contributed by atoms with E-state index in [1.54, 1.807) is 13.0 Å². The second-order valence-corrected chi connectivity index (χ2v) is 7.76. The maximum atomic E-state index is 14.0. The van der Waals surface area contributed by atoms with Crippen molar-refractivity contribution in [1.82, 2.24) is 35.4 Å². The average Bonchev–Trinajstić information content (AvgIpc) is 3.51. The number of carbonyl (C=O) groups excluding carboxylic acids is 1. The molecule has 1 amide bonds. The molecule has 0 bridgehead atoms. The van der Waals surface area contributed by atoms with Gasteiger partial charge in [0, 0.05) is 12.3 Å². The number of H-pyrrole nitrogens is 1. The van der Waals surface area contributed by atoms with E-state index in [4.69, 9.17) is 4.52 Å². The fourth-order valence-corrected chi connectivity index (χ4v) is 3.46. The van der Waals surface area contributed by atoms with Crippen molar-refractivity contribution in [2.24, 2.45) is 0 Å². The number of hydrogen-bond donors (Lipinski definition) is 2. The van der Waals surface area contributed by atoms with Gasteiger partial charge >= 0.3 is 6.18 Å². The van der Waals surface area contributed by atoms with Crippen LogP contribution in [0.5, 0.6) is 0 Å². The normalized spacial score (nSPS) is 12.6. The molecule has 0 saturated carbocycles. The van der Waals surface area contributed by atoms with Gasteiger partial charge in [-0.15, -0.1) is 0 Å². The van der Waals surface area contributed by atoms with Crippen molar-refractivity contribution in [3.63, 3.8) is 0 Å². The van der Waals surface area contributed by atoms with Gasteiger partial charge in [-0.3, -0.25) is 4.79 Å². The van der Waals surface area contributed by atoms with E-state index in [-0.39, 0.29) is 34.1 Å². The molecule has 0 radical (unpaired) electrons. The first-order valence-electron chi connectivity index (χ1n) is 10.5. The number of nitrogens with zero attached hydrogens (tertiary/aromatic N) is 5. The van der Waals surface area contributed by atoms with Crippen molar-refractivity contribution < 1.29 is 26.9 Å². The number of benzene rings is 1. The van der Waals surface area contributed by atoms with Crippen LogP contribution < -0.4 is 5.32 Å². The van der Waals surface area contributed by atoms with Crippen molar-refractivity contribution in [3.05, 3.63) is 77.9 Å². The standard InChI is InChI=1S/C23H15F4N7O2/c1-11(31-22(35)18-8-16(29-10-30-18)13-3-2-6-28-20(13)24)15-9-19(36-34-15)21-32-14-5-4-12(23(25,26)27)7-17(14)33-21/h2-11H,1H3,(H,31,35)(H,32,33). The van der Waals surface area contributed by atoms with Crippen LogP contribution in [0.3, 0.4) is 0 Å². The number of carbonyl (C=O) groups is 1. The van der Waals surface area contributed by atoms with Gasteiger partial charge in [-0.25, -0.2) is 19.9 Å². The third-order valence-corrected chi connectivity index (χ3v) is 5.30. The molecule has 182 valence electrons. The largest absolute Gasteiger partial charge is 0.416 e. The van der Waals surface area contributed by atoms with Gasteiger partial charge in [-0.05, 0) is 43.3 Å². The summed E-state index contributed by atoms with van der Waals surface area (Å²) in [5.41, 5.74) is 0.343. The van der Waals surface area contributed by atoms with E-state index in [1.165, 1.54) is 30.5 Å². The SMILES string of the molecule is CC(NC(=O)c1cc(-c2cccnc2F)ncn1)c1cc(-c2nc3ccc(C(F)(F)F)cc3[nH]2)on1. The Hall–Kier alpha value is -4.68. The molecule has 0 aliphatic rings. The molecule has 1 atom stereocenters. The molecule has 0 fully saturated rings. The molecule has 0 spiro atoms. The molecular weight excluding hydrogens is 482 g/mol. The monoisotopic (exact) mass is 497 g/mol. The van der Waals surface area contributed by atoms with Crippen molar-refractivity contribution in [2.45, 2.75) is 19.1 Å². The number of aromatic nitrogens is 6. The number of imidazole rings is 1. The number of halogens is 4. The Morgan fingerprint density at radius 3 is 2.72 bits per heavy atom. The van der Waals surface area contributed by atoms with Gasteiger partial charge < -0.3 is 14.8 Å². The van der Waals surface area contributed by atoms with E-state index in [0.29, 0.717) is 11.2 Å². The molecule has 1 aromatic carbocycles. The van der Waals surface area contributed by atoms with Crippen molar-refractivity contribution in [3.8, 4) is 22.8 Å². The first-order chi connectivity index (χ1) is 17.2. The fraction of sp³-hybridized carbons (Fsp3) is 0.130. The minimum absolute atomic E-state index is 0.00317. The van der Waals surface area contributed by atoms with Crippen LogP contribution in [0, 0.1) is 5.95 Å². The molecule has 0 saturated heterocycles. The lowest BCUT2D eigenvalue weighted by atomic mass is 10.1.